The highest BCUT2D eigenvalue weighted by molar-refractivity contribution is 5.75. The Bertz CT molecular complexity index is 956. The standard InChI is InChI=1S/C21H20F7N3O/c1-12-6-16(22)2-3-17(12)18-11-29-4-5-31(18)19(32)30-10-13-7-14(20(23,24)25)9-15(8-13)21(26,27)28/h2-3,6-9,18,29H,4-5,10-11H2,1H3,(H,30,32)/t18-/m0/s1. The number of carbonyl (C=O) groups excluding carboxylic acids is 1. The van der Waals surface area contributed by atoms with E-state index in [1.54, 1.807) is 13.0 Å². The van der Waals surface area contributed by atoms with Gasteiger partial charge in [-0.15, -0.1) is 0 Å². The van der Waals surface area contributed by atoms with Gasteiger partial charge in [0.25, 0.3) is 0 Å². The molecule has 0 bridgehead atoms. The van der Waals surface area contributed by atoms with Crippen LogP contribution in [0.3, 0.4) is 0 Å². The van der Waals surface area contributed by atoms with Crippen LogP contribution in [0.15, 0.2) is 36.4 Å². The second kappa shape index (κ2) is 8.97. The van der Waals surface area contributed by atoms with E-state index in [-0.39, 0.29) is 18.2 Å². The second-order valence-corrected chi connectivity index (χ2v) is 7.49. The van der Waals surface area contributed by atoms with E-state index in [9.17, 15) is 35.5 Å². The first kappa shape index (κ1) is 23.8. The fourth-order valence-electron chi connectivity index (χ4n) is 3.64. The minimum absolute atomic E-state index is 0.0367. The molecule has 0 aromatic heterocycles. The molecule has 4 nitrogen and oxygen atoms in total. The van der Waals surface area contributed by atoms with Crippen molar-refractivity contribution in [3.05, 3.63) is 70.0 Å². The lowest BCUT2D eigenvalue weighted by Gasteiger charge is -2.37. The summed E-state index contributed by atoms with van der Waals surface area (Å²) in [6.45, 7) is 2.23. The summed E-state index contributed by atoms with van der Waals surface area (Å²) in [4.78, 5) is 14.2. The number of urea groups is 1. The number of hydrogen-bond donors (Lipinski definition) is 2. The highest BCUT2D eigenvalue weighted by Crippen LogP contribution is 2.36. The van der Waals surface area contributed by atoms with E-state index in [4.69, 9.17) is 0 Å². The Morgan fingerprint density at radius 1 is 1.06 bits per heavy atom. The smallest absolute Gasteiger partial charge is 0.334 e. The first-order valence-corrected chi connectivity index (χ1v) is 9.66. The maximum atomic E-state index is 13.4. The highest BCUT2D eigenvalue weighted by Gasteiger charge is 2.37. The van der Waals surface area contributed by atoms with Crippen LogP contribution in [0.4, 0.5) is 35.5 Å². The van der Waals surface area contributed by atoms with E-state index >= 15 is 0 Å². The lowest BCUT2D eigenvalue weighted by molar-refractivity contribution is -0.143. The number of nitrogens with zero attached hydrogens (tertiary/aromatic N) is 1. The van der Waals surface area contributed by atoms with Crippen LogP contribution in [0.2, 0.25) is 0 Å². The van der Waals surface area contributed by atoms with Crippen molar-refractivity contribution >= 4 is 6.03 Å². The van der Waals surface area contributed by atoms with E-state index in [0.717, 1.165) is 0 Å². The maximum Gasteiger partial charge on any atom is 0.416 e. The molecule has 1 fully saturated rings. The highest BCUT2D eigenvalue weighted by atomic mass is 19.4. The number of nitrogens with one attached hydrogen (secondary N) is 2. The Balaban J connectivity index is 1.80. The van der Waals surface area contributed by atoms with Crippen molar-refractivity contribution in [1.29, 1.82) is 0 Å². The Hall–Kier alpha value is -2.82. The molecule has 2 N–H and O–H groups in total. The number of hydrogen-bond acceptors (Lipinski definition) is 2. The molecule has 1 saturated heterocycles. The van der Waals surface area contributed by atoms with Crippen LogP contribution < -0.4 is 10.6 Å². The zero-order valence-electron chi connectivity index (χ0n) is 16.9. The molecule has 174 valence electrons. The molecule has 0 unspecified atom stereocenters. The van der Waals surface area contributed by atoms with Gasteiger partial charge in [-0.3, -0.25) is 0 Å². The Kier molecular flexibility index (Phi) is 6.68. The van der Waals surface area contributed by atoms with Crippen molar-refractivity contribution < 1.29 is 35.5 Å². The van der Waals surface area contributed by atoms with Gasteiger partial charge in [0.05, 0.1) is 17.2 Å². The van der Waals surface area contributed by atoms with Gasteiger partial charge in [0.15, 0.2) is 0 Å². The van der Waals surface area contributed by atoms with Crippen molar-refractivity contribution in [2.75, 3.05) is 19.6 Å². The fraction of sp³-hybridized carbons (Fsp3) is 0.381. The van der Waals surface area contributed by atoms with Crippen LogP contribution in [0, 0.1) is 12.7 Å². The van der Waals surface area contributed by atoms with Gasteiger partial charge in [-0.25, -0.2) is 9.18 Å². The normalized spacial score (nSPS) is 17.4. The fourth-order valence-corrected chi connectivity index (χ4v) is 3.64. The molecule has 0 aliphatic carbocycles. The molecule has 11 heteroatoms. The molecule has 32 heavy (non-hydrogen) atoms. The van der Waals surface area contributed by atoms with Gasteiger partial charge >= 0.3 is 18.4 Å². The van der Waals surface area contributed by atoms with Crippen LogP contribution in [0.5, 0.6) is 0 Å². The van der Waals surface area contributed by atoms with E-state index in [1.165, 1.54) is 17.0 Å². The topological polar surface area (TPSA) is 44.4 Å². The predicted octanol–water partition coefficient (Wildman–Crippen LogP) is 5.03. The summed E-state index contributed by atoms with van der Waals surface area (Å²) in [5.74, 6) is -0.434. The number of benzene rings is 2. The largest absolute Gasteiger partial charge is 0.416 e. The second-order valence-electron chi connectivity index (χ2n) is 7.49. The number of halogens is 7. The molecule has 2 aromatic rings. The zero-order chi connectivity index (χ0) is 23.7. The van der Waals surface area contributed by atoms with Gasteiger partial charge in [0.1, 0.15) is 5.82 Å². The molecule has 0 radical (unpaired) electrons. The van der Waals surface area contributed by atoms with Gasteiger partial charge in [0.2, 0.25) is 0 Å². The van der Waals surface area contributed by atoms with Crippen LogP contribution in [-0.4, -0.2) is 30.6 Å². The first-order valence-electron chi connectivity index (χ1n) is 9.66. The van der Waals surface area contributed by atoms with E-state index < -0.39 is 47.9 Å². The zero-order valence-corrected chi connectivity index (χ0v) is 16.9. The number of amides is 2. The lowest BCUT2D eigenvalue weighted by atomic mass is 9.98. The van der Waals surface area contributed by atoms with Crippen LogP contribution >= 0.6 is 0 Å². The third kappa shape index (κ3) is 5.50. The van der Waals surface area contributed by atoms with Gasteiger partial charge in [-0.1, -0.05) is 6.07 Å². The average molecular weight is 463 g/mol. The minimum Gasteiger partial charge on any atom is -0.334 e. The summed E-state index contributed by atoms with van der Waals surface area (Å²) in [7, 11) is 0. The van der Waals surface area contributed by atoms with Crippen molar-refractivity contribution in [1.82, 2.24) is 15.5 Å². The number of piperazine rings is 1. The van der Waals surface area contributed by atoms with Crippen molar-refractivity contribution in [2.45, 2.75) is 31.9 Å². The number of alkyl halides is 6. The molecule has 2 aromatic carbocycles. The molecule has 1 aliphatic heterocycles. The molecule has 3 rings (SSSR count). The number of aryl methyl sites for hydroxylation is 1. The molecular weight excluding hydrogens is 443 g/mol. The molecule has 0 saturated carbocycles. The van der Waals surface area contributed by atoms with Crippen molar-refractivity contribution in [3.8, 4) is 0 Å². The lowest BCUT2D eigenvalue weighted by Crippen LogP contribution is -2.52. The Labute approximate surface area is 179 Å². The predicted molar refractivity (Wildman–Crippen MR) is 102 cm³/mol. The number of carbonyl (C=O) groups is 1. The van der Waals surface area contributed by atoms with Crippen LogP contribution in [0.1, 0.15) is 33.9 Å². The summed E-state index contributed by atoms with van der Waals surface area (Å²) in [6, 6.07) is 4.20. The first-order chi connectivity index (χ1) is 14.9. The van der Waals surface area contributed by atoms with E-state index in [1.807, 2.05) is 0 Å². The molecule has 1 aliphatic rings. The summed E-state index contributed by atoms with van der Waals surface area (Å²) in [6.07, 6.45) is -9.94. The molecule has 2 amide bonds. The molecule has 1 heterocycles. The SMILES string of the molecule is Cc1cc(F)ccc1[C@@H]1CNCCN1C(=O)NCc1cc(C(F)(F)F)cc(C(F)(F)F)c1. The van der Waals surface area contributed by atoms with Gasteiger partial charge in [0, 0.05) is 26.2 Å². The average Bonchev–Trinajstić information content (AvgIpc) is 2.70. The van der Waals surface area contributed by atoms with Gasteiger partial charge in [-0.05, 0) is 53.9 Å². The summed E-state index contributed by atoms with van der Waals surface area (Å²) in [5.41, 5.74) is -1.92. The van der Waals surface area contributed by atoms with Gasteiger partial charge in [-0.2, -0.15) is 26.3 Å². The Morgan fingerprint density at radius 3 is 2.25 bits per heavy atom. The quantitative estimate of drug-likeness (QED) is 0.628. The van der Waals surface area contributed by atoms with Gasteiger partial charge < -0.3 is 15.5 Å². The Morgan fingerprint density at radius 2 is 1.69 bits per heavy atom. The van der Waals surface area contributed by atoms with Crippen LogP contribution in [0.25, 0.3) is 0 Å². The van der Waals surface area contributed by atoms with E-state index in [2.05, 4.69) is 10.6 Å². The van der Waals surface area contributed by atoms with Crippen LogP contribution in [-0.2, 0) is 18.9 Å². The third-order valence-electron chi connectivity index (χ3n) is 5.19. The van der Waals surface area contributed by atoms with E-state index in [0.29, 0.717) is 36.3 Å². The number of rotatable bonds is 3. The minimum atomic E-state index is -4.97. The molecule has 1 atom stereocenters. The summed E-state index contributed by atoms with van der Waals surface area (Å²) in [5, 5.41) is 5.52. The van der Waals surface area contributed by atoms with Crippen molar-refractivity contribution in [2.24, 2.45) is 0 Å². The summed E-state index contributed by atoms with van der Waals surface area (Å²) < 4.78 is 91.6. The molecule has 0 spiro atoms. The third-order valence-corrected chi connectivity index (χ3v) is 5.19. The van der Waals surface area contributed by atoms with Crippen molar-refractivity contribution in [3.63, 3.8) is 0 Å². The molecular formula is C21H20F7N3O. The maximum absolute atomic E-state index is 13.4. The summed E-state index contributed by atoms with van der Waals surface area (Å²) >= 11 is 0. The monoisotopic (exact) mass is 463 g/mol.